The highest BCUT2D eigenvalue weighted by Gasteiger charge is 2.10. The van der Waals surface area contributed by atoms with Gasteiger partial charge in [-0.05, 0) is 43.9 Å². The maximum atomic E-state index is 5.68. The SMILES string of the molecule is CCCC(CCN)CCc1nc2nccc(C)c2[nH]1. The minimum absolute atomic E-state index is 0.720. The minimum Gasteiger partial charge on any atom is -0.340 e. The van der Waals surface area contributed by atoms with E-state index in [-0.39, 0.29) is 0 Å². The average molecular weight is 260 g/mol. The zero-order valence-electron chi connectivity index (χ0n) is 11.9. The molecule has 0 amide bonds. The molecule has 3 N–H and O–H groups in total. The summed E-state index contributed by atoms with van der Waals surface area (Å²) in [7, 11) is 0. The molecule has 1 atom stereocenters. The maximum absolute atomic E-state index is 5.68. The van der Waals surface area contributed by atoms with Crippen LogP contribution in [0.25, 0.3) is 11.2 Å². The van der Waals surface area contributed by atoms with Gasteiger partial charge in [-0.3, -0.25) is 0 Å². The lowest BCUT2D eigenvalue weighted by molar-refractivity contribution is 0.418. The highest BCUT2D eigenvalue weighted by Crippen LogP contribution is 2.19. The molecule has 0 aliphatic carbocycles. The summed E-state index contributed by atoms with van der Waals surface area (Å²) in [5, 5.41) is 0. The zero-order valence-corrected chi connectivity index (χ0v) is 11.9. The molecule has 2 rings (SSSR count). The van der Waals surface area contributed by atoms with Crippen molar-refractivity contribution >= 4 is 11.2 Å². The van der Waals surface area contributed by atoms with Gasteiger partial charge in [-0.1, -0.05) is 19.8 Å². The van der Waals surface area contributed by atoms with Gasteiger partial charge in [0.1, 0.15) is 5.82 Å². The van der Waals surface area contributed by atoms with E-state index in [1.165, 1.54) is 18.4 Å². The third kappa shape index (κ3) is 3.53. The summed E-state index contributed by atoms with van der Waals surface area (Å²) < 4.78 is 0. The normalized spacial score (nSPS) is 13.0. The molecule has 4 nitrogen and oxygen atoms in total. The Bertz CT molecular complexity index is 512. The van der Waals surface area contributed by atoms with Gasteiger partial charge in [0.25, 0.3) is 0 Å². The molecule has 0 saturated carbocycles. The number of rotatable bonds is 7. The van der Waals surface area contributed by atoms with Crippen LogP contribution in [-0.4, -0.2) is 21.5 Å². The van der Waals surface area contributed by atoms with Crippen LogP contribution in [0.15, 0.2) is 12.3 Å². The summed E-state index contributed by atoms with van der Waals surface area (Å²) >= 11 is 0. The van der Waals surface area contributed by atoms with Crippen molar-refractivity contribution in [3.63, 3.8) is 0 Å². The highest BCUT2D eigenvalue weighted by molar-refractivity contribution is 5.74. The topological polar surface area (TPSA) is 67.6 Å². The fourth-order valence-corrected chi connectivity index (χ4v) is 2.62. The second-order valence-electron chi connectivity index (χ2n) is 5.28. The molecule has 104 valence electrons. The number of pyridine rings is 1. The first-order chi connectivity index (χ1) is 9.24. The molecule has 0 radical (unpaired) electrons. The van der Waals surface area contributed by atoms with Crippen LogP contribution in [-0.2, 0) is 6.42 Å². The lowest BCUT2D eigenvalue weighted by atomic mass is 9.94. The highest BCUT2D eigenvalue weighted by atomic mass is 15.0. The number of aromatic nitrogens is 3. The zero-order chi connectivity index (χ0) is 13.7. The summed E-state index contributed by atoms with van der Waals surface area (Å²) in [6.45, 7) is 5.10. The first-order valence-corrected chi connectivity index (χ1v) is 7.24. The van der Waals surface area contributed by atoms with Gasteiger partial charge < -0.3 is 10.7 Å². The number of fused-ring (bicyclic) bond motifs is 1. The summed E-state index contributed by atoms with van der Waals surface area (Å²) in [6.07, 6.45) is 7.56. The fourth-order valence-electron chi connectivity index (χ4n) is 2.62. The van der Waals surface area contributed by atoms with E-state index in [1.54, 1.807) is 0 Å². The van der Waals surface area contributed by atoms with Crippen molar-refractivity contribution in [2.45, 2.75) is 46.0 Å². The van der Waals surface area contributed by atoms with Gasteiger partial charge in [0.2, 0.25) is 0 Å². The Balaban J connectivity index is 2.02. The van der Waals surface area contributed by atoms with Gasteiger partial charge >= 0.3 is 0 Å². The molecule has 0 saturated heterocycles. The Labute approximate surface area is 114 Å². The van der Waals surface area contributed by atoms with E-state index in [0.29, 0.717) is 0 Å². The smallest absolute Gasteiger partial charge is 0.177 e. The Morgan fingerprint density at radius 3 is 2.84 bits per heavy atom. The number of aryl methyl sites for hydroxylation is 2. The molecule has 0 fully saturated rings. The molecule has 1 unspecified atom stereocenters. The third-order valence-corrected chi connectivity index (χ3v) is 3.71. The van der Waals surface area contributed by atoms with Crippen LogP contribution in [0.2, 0.25) is 0 Å². The van der Waals surface area contributed by atoms with Crippen molar-refractivity contribution in [3.8, 4) is 0 Å². The number of hydrogen-bond acceptors (Lipinski definition) is 3. The first-order valence-electron chi connectivity index (χ1n) is 7.24. The molecule has 0 aliphatic rings. The molecular formula is C15H24N4. The summed E-state index contributed by atoms with van der Waals surface area (Å²) in [5.74, 6) is 1.77. The molecule has 0 bridgehead atoms. The van der Waals surface area contributed by atoms with Crippen molar-refractivity contribution in [1.82, 2.24) is 15.0 Å². The standard InChI is InChI=1S/C15H24N4/c1-3-4-12(7-9-16)5-6-13-18-14-11(2)8-10-17-15(14)19-13/h8,10,12H,3-7,9,16H2,1-2H3,(H,17,18,19). The number of H-pyrrole nitrogens is 1. The maximum Gasteiger partial charge on any atom is 0.177 e. The predicted molar refractivity (Wildman–Crippen MR) is 79.0 cm³/mol. The summed E-state index contributed by atoms with van der Waals surface area (Å²) in [6, 6.07) is 2.01. The van der Waals surface area contributed by atoms with E-state index in [9.17, 15) is 0 Å². The predicted octanol–water partition coefficient (Wildman–Crippen LogP) is 2.96. The number of nitrogens with zero attached hydrogens (tertiary/aromatic N) is 2. The van der Waals surface area contributed by atoms with Gasteiger partial charge in [-0.25, -0.2) is 9.97 Å². The van der Waals surface area contributed by atoms with Crippen LogP contribution < -0.4 is 5.73 Å². The Morgan fingerprint density at radius 1 is 1.32 bits per heavy atom. The van der Waals surface area contributed by atoms with Gasteiger partial charge in [0, 0.05) is 12.6 Å². The minimum atomic E-state index is 0.720. The van der Waals surface area contributed by atoms with E-state index >= 15 is 0 Å². The number of imidazole rings is 1. The van der Waals surface area contributed by atoms with Gasteiger partial charge in [-0.2, -0.15) is 0 Å². The molecule has 0 aliphatic heterocycles. The van der Waals surface area contributed by atoms with E-state index in [0.717, 1.165) is 48.7 Å². The number of hydrogen-bond donors (Lipinski definition) is 2. The number of nitrogens with one attached hydrogen (secondary N) is 1. The van der Waals surface area contributed by atoms with Gasteiger partial charge in [0.05, 0.1) is 5.52 Å². The van der Waals surface area contributed by atoms with Crippen LogP contribution in [0.1, 0.15) is 44.0 Å². The van der Waals surface area contributed by atoms with E-state index in [2.05, 4.69) is 28.8 Å². The Hall–Kier alpha value is -1.42. The number of aromatic amines is 1. The van der Waals surface area contributed by atoms with Crippen molar-refractivity contribution in [2.75, 3.05) is 6.54 Å². The quantitative estimate of drug-likeness (QED) is 0.804. The second kappa shape index (κ2) is 6.66. The lowest BCUT2D eigenvalue weighted by Gasteiger charge is -2.13. The fraction of sp³-hybridized carbons (Fsp3) is 0.600. The molecule has 0 spiro atoms. The van der Waals surface area contributed by atoms with Crippen LogP contribution in [0, 0.1) is 12.8 Å². The summed E-state index contributed by atoms with van der Waals surface area (Å²) in [5.41, 5.74) is 8.79. The van der Waals surface area contributed by atoms with Crippen LogP contribution in [0.3, 0.4) is 0 Å². The van der Waals surface area contributed by atoms with E-state index in [1.807, 2.05) is 12.3 Å². The third-order valence-electron chi connectivity index (χ3n) is 3.71. The first kappa shape index (κ1) is 14.0. The van der Waals surface area contributed by atoms with E-state index in [4.69, 9.17) is 5.73 Å². The lowest BCUT2D eigenvalue weighted by Crippen LogP contribution is -2.10. The molecule has 0 aromatic carbocycles. The van der Waals surface area contributed by atoms with Crippen molar-refractivity contribution in [1.29, 1.82) is 0 Å². The van der Waals surface area contributed by atoms with Gasteiger partial charge in [0.15, 0.2) is 5.65 Å². The monoisotopic (exact) mass is 260 g/mol. The Kier molecular flexibility index (Phi) is 4.91. The number of nitrogens with two attached hydrogens (primary N) is 1. The molecule has 4 heteroatoms. The summed E-state index contributed by atoms with van der Waals surface area (Å²) in [4.78, 5) is 12.3. The Morgan fingerprint density at radius 2 is 2.16 bits per heavy atom. The van der Waals surface area contributed by atoms with Crippen molar-refractivity contribution < 1.29 is 0 Å². The molecule has 2 heterocycles. The molecule has 2 aromatic rings. The van der Waals surface area contributed by atoms with Crippen molar-refractivity contribution in [3.05, 3.63) is 23.7 Å². The molecular weight excluding hydrogens is 236 g/mol. The van der Waals surface area contributed by atoms with Crippen molar-refractivity contribution in [2.24, 2.45) is 11.7 Å². The molecule has 19 heavy (non-hydrogen) atoms. The van der Waals surface area contributed by atoms with Crippen LogP contribution in [0.5, 0.6) is 0 Å². The largest absolute Gasteiger partial charge is 0.340 e. The average Bonchev–Trinajstić information content (AvgIpc) is 2.81. The second-order valence-corrected chi connectivity index (χ2v) is 5.28. The van der Waals surface area contributed by atoms with Crippen LogP contribution in [0.4, 0.5) is 0 Å². The molecule has 2 aromatic heterocycles. The van der Waals surface area contributed by atoms with Gasteiger partial charge in [-0.15, -0.1) is 0 Å². The van der Waals surface area contributed by atoms with E-state index < -0.39 is 0 Å². The van der Waals surface area contributed by atoms with Crippen LogP contribution >= 0.6 is 0 Å².